The molecule has 1 heterocycles. The molecule has 0 bridgehead atoms. The Labute approximate surface area is 120 Å². The summed E-state index contributed by atoms with van der Waals surface area (Å²) in [6, 6.07) is 4.96. The highest BCUT2D eigenvalue weighted by atomic mass is 32.1. The second kappa shape index (κ2) is 5.13. The minimum absolute atomic E-state index is 0.219. The van der Waals surface area contributed by atoms with Crippen LogP contribution in [0.15, 0.2) is 18.2 Å². The van der Waals surface area contributed by atoms with Crippen molar-refractivity contribution >= 4 is 28.1 Å². The molecule has 0 saturated carbocycles. The summed E-state index contributed by atoms with van der Waals surface area (Å²) in [5, 5.41) is 3.48. The number of rotatable bonds is 3. The van der Waals surface area contributed by atoms with Crippen molar-refractivity contribution in [3.63, 3.8) is 0 Å². The number of nitrogens with one attached hydrogen (secondary N) is 1. The molecule has 3 rings (SSSR count). The number of thiazole rings is 1. The summed E-state index contributed by atoms with van der Waals surface area (Å²) in [6.45, 7) is 0. The van der Waals surface area contributed by atoms with E-state index in [1.54, 1.807) is 36.6 Å². The lowest BCUT2D eigenvalue weighted by Gasteiger charge is -2.06. The van der Waals surface area contributed by atoms with Crippen molar-refractivity contribution < 1.29 is 9.53 Å². The van der Waals surface area contributed by atoms with Gasteiger partial charge < -0.3 is 10.5 Å². The van der Waals surface area contributed by atoms with Crippen LogP contribution in [0.4, 0.5) is 10.8 Å². The second-order valence-electron chi connectivity index (χ2n) is 4.69. The van der Waals surface area contributed by atoms with Crippen LogP contribution in [0, 0.1) is 0 Å². The fraction of sp³-hybridized carbons (Fsp3) is 0.286. The number of anilines is 2. The summed E-state index contributed by atoms with van der Waals surface area (Å²) in [5.41, 5.74) is 7.84. The Hall–Kier alpha value is -2.08. The van der Waals surface area contributed by atoms with Crippen LogP contribution in [0.1, 0.15) is 27.3 Å². The Bertz CT molecular complexity index is 645. The van der Waals surface area contributed by atoms with Gasteiger partial charge >= 0.3 is 0 Å². The van der Waals surface area contributed by atoms with Crippen molar-refractivity contribution in [2.45, 2.75) is 19.3 Å². The molecule has 0 atom stereocenters. The molecule has 1 aliphatic carbocycles. The molecule has 0 fully saturated rings. The molecule has 3 N–H and O–H groups in total. The van der Waals surface area contributed by atoms with Crippen LogP contribution < -0.4 is 15.8 Å². The first-order valence-corrected chi connectivity index (χ1v) is 7.22. The van der Waals surface area contributed by atoms with Gasteiger partial charge in [0.05, 0.1) is 12.8 Å². The molecule has 0 radical (unpaired) electrons. The van der Waals surface area contributed by atoms with E-state index in [1.807, 2.05) is 0 Å². The quantitative estimate of drug-likeness (QED) is 0.851. The minimum Gasteiger partial charge on any atom is -0.497 e. The van der Waals surface area contributed by atoms with Gasteiger partial charge in [-0.3, -0.25) is 10.1 Å². The zero-order chi connectivity index (χ0) is 14.1. The lowest BCUT2D eigenvalue weighted by atomic mass is 10.2. The number of aryl methyl sites for hydroxylation is 2. The van der Waals surface area contributed by atoms with E-state index >= 15 is 0 Å². The smallest absolute Gasteiger partial charge is 0.257 e. The number of fused-ring (bicyclic) bond motifs is 1. The first-order valence-electron chi connectivity index (χ1n) is 6.40. The number of carbonyl (C=O) groups is 1. The van der Waals surface area contributed by atoms with Crippen LogP contribution in [0.5, 0.6) is 5.75 Å². The molecule has 0 saturated heterocycles. The molecule has 1 aliphatic rings. The zero-order valence-electron chi connectivity index (χ0n) is 11.1. The third-order valence-electron chi connectivity index (χ3n) is 3.24. The van der Waals surface area contributed by atoms with Crippen LogP contribution in [-0.2, 0) is 12.8 Å². The largest absolute Gasteiger partial charge is 0.497 e. The van der Waals surface area contributed by atoms with E-state index in [9.17, 15) is 4.79 Å². The number of nitrogens with zero attached hydrogens (tertiary/aromatic N) is 1. The number of aromatic nitrogens is 1. The van der Waals surface area contributed by atoms with Crippen molar-refractivity contribution in [2.24, 2.45) is 0 Å². The van der Waals surface area contributed by atoms with E-state index in [1.165, 1.54) is 4.88 Å². The van der Waals surface area contributed by atoms with Gasteiger partial charge in [-0.1, -0.05) is 0 Å². The number of carbonyl (C=O) groups excluding carboxylic acids is 1. The maximum absolute atomic E-state index is 12.2. The van der Waals surface area contributed by atoms with E-state index in [4.69, 9.17) is 10.5 Å². The number of nitrogens with two attached hydrogens (primary N) is 1. The van der Waals surface area contributed by atoms with Crippen molar-refractivity contribution in [1.29, 1.82) is 0 Å². The average molecular weight is 289 g/mol. The standard InChI is InChI=1S/C14H15N3O2S/c1-19-10-6-8(5-9(15)7-10)13(18)17-14-16-11-3-2-4-12(11)20-14/h5-7H,2-4,15H2,1H3,(H,16,17,18). The summed E-state index contributed by atoms with van der Waals surface area (Å²) in [4.78, 5) is 17.9. The highest BCUT2D eigenvalue weighted by Gasteiger charge is 2.18. The summed E-state index contributed by atoms with van der Waals surface area (Å²) in [6.07, 6.45) is 3.23. The summed E-state index contributed by atoms with van der Waals surface area (Å²) in [5.74, 6) is 0.347. The Morgan fingerprint density at radius 3 is 3.00 bits per heavy atom. The first kappa shape index (κ1) is 12.9. The molecular formula is C14H15N3O2S. The summed E-state index contributed by atoms with van der Waals surface area (Å²) < 4.78 is 5.11. The highest BCUT2D eigenvalue weighted by Crippen LogP contribution is 2.30. The van der Waals surface area contributed by atoms with Crippen molar-refractivity contribution in [3.05, 3.63) is 34.3 Å². The molecule has 0 unspecified atom stereocenters. The van der Waals surface area contributed by atoms with Crippen LogP contribution in [0.25, 0.3) is 0 Å². The normalized spacial score (nSPS) is 13.1. The molecule has 0 spiro atoms. The third kappa shape index (κ3) is 2.46. The van der Waals surface area contributed by atoms with Crippen LogP contribution >= 0.6 is 11.3 Å². The highest BCUT2D eigenvalue weighted by molar-refractivity contribution is 7.15. The number of benzene rings is 1. The number of hydrogen-bond acceptors (Lipinski definition) is 5. The summed E-state index contributed by atoms with van der Waals surface area (Å²) in [7, 11) is 1.54. The summed E-state index contributed by atoms with van der Waals surface area (Å²) >= 11 is 1.55. The molecule has 104 valence electrons. The predicted octanol–water partition coefficient (Wildman–Crippen LogP) is 2.47. The van der Waals surface area contributed by atoms with Gasteiger partial charge in [0.2, 0.25) is 0 Å². The SMILES string of the molecule is COc1cc(N)cc(C(=O)Nc2nc3c(s2)CCC3)c1. The Kier molecular flexibility index (Phi) is 3.31. The lowest BCUT2D eigenvalue weighted by molar-refractivity contribution is 0.102. The monoisotopic (exact) mass is 289 g/mol. The minimum atomic E-state index is -0.219. The van der Waals surface area contributed by atoms with Crippen LogP contribution in [0.2, 0.25) is 0 Å². The predicted molar refractivity (Wildman–Crippen MR) is 79.5 cm³/mol. The maximum atomic E-state index is 12.2. The molecule has 2 aromatic rings. The first-order chi connectivity index (χ1) is 9.65. The zero-order valence-corrected chi connectivity index (χ0v) is 11.9. The number of ether oxygens (including phenoxy) is 1. The molecule has 20 heavy (non-hydrogen) atoms. The molecular weight excluding hydrogens is 274 g/mol. The second-order valence-corrected chi connectivity index (χ2v) is 5.78. The lowest BCUT2D eigenvalue weighted by Crippen LogP contribution is -2.12. The number of methoxy groups -OCH3 is 1. The molecule has 1 aromatic carbocycles. The van der Waals surface area contributed by atoms with E-state index in [2.05, 4.69) is 10.3 Å². The Morgan fingerprint density at radius 2 is 2.25 bits per heavy atom. The van der Waals surface area contributed by atoms with Gasteiger partial charge in [-0.2, -0.15) is 0 Å². The van der Waals surface area contributed by atoms with Gasteiger partial charge in [0.25, 0.3) is 5.91 Å². The number of amides is 1. The molecule has 5 nitrogen and oxygen atoms in total. The van der Waals surface area contributed by atoms with Gasteiger partial charge in [0, 0.05) is 22.2 Å². The van der Waals surface area contributed by atoms with E-state index in [-0.39, 0.29) is 5.91 Å². The van der Waals surface area contributed by atoms with Crippen LogP contribution in [0.3, 0.4) is 0 Å². The fourth-order valence-electron chi connectivity index (χ4n) is 2.28. The Balaban J connectivity index is 1.80. The number of hydrogen-bond donors (Lipinski definition) is 2. The molecule has 6 heteroatoms. The van der Waals surface area contributed by atoms with Gasteiger partial charge in [-0.25, -0.2) is 4.98 Å². The van der Waals surface area contributed by atoms with E-state index < -0.39 is 0 Å². The van der Waals surface area contributed by atoms with Gasteiger partial charge in [0.15, 0.2) is 5.13 Å². The topological polar surface area (TPSA) is 77.2 Å². The third-order valence-corrected chi connectivity index (χ3v) is 4.32. The molecule has 0 aliphatic heterocycles. The van der Waals surface area contributed by atoms with Crippen molar-refractivity contribution in [1.82, 2.24) is 4.98 Å². The van der Waals surface area contributed by atoms with Gasteiger partial charge in [-0.05, 0) is 31.4 Å². The van der Waals surface area contributed by atoms with E-state index in [0.29, 0.717) is 22.1 Å². The molecule has 1 amide bonds. The Morgan fingerprint density at radius 1 is 1.40 bits per heavy atom. The van der Waals surface area contributed by atoms with Gasteiger partial charge in [-0.15, -0.1) is 11.3 Å². The number of nitrogen functional groups attached to an aromatic ring is 1. The van der Waals surface area contributed by atoms with Crippen molar-refractivity contribution in [3.8, 4) is 5.75 Å². The average Bonchev–Trinajstić information content (AvgIpc) is 2.98. The van der Waals surface area contributed by atoms with Gasteiger partial charge in [0.1, 0.15) is 5.75 Å². The van der Waals surface area contributed by atoms with E-state index in [0.717, 1.165) is 25.0 Å². The van der Waals surface area contributed by atoms with Crippen LogP contribution in [-0.4, -0.2) is 18.0 Å². The maximum Gasteiger partial charge on any atom is 0.257 e. The fourth-order valence-corrected chi connectivity index (χ4v) is 3.33. The molecule has 1 aromatic heterocycles. The van der Waals surface area contributed by atoms with Crippen molar-refractivity contribution in [2.75, 3.05) is 18.2 Å².